The zero-order valence-corrected chi connectivity index (χ0v) is 19.5. The third-order valence-corrected chi connectivity index (χ3v) is 5.94. The maximum absolute atomic E-state index is 13.1. The molecule has 1 atom stereocenters. The predicted octanol–water partition coefficient (Wildman–Crippen LogP) is 6.46. The first-order valence-electron chi connectivity index (χ1n) is 11.5. The molecular weight excluding hydrogens is 400 g/mol. The molecule has 0 aromatic heterocycles. The van der Waals surface area contributed by atoms with E-state index in [2.05, 4.69) is 19.0 Å². The fourth-order valence-electron chi connectivity index (χ4n) is 3.52. The molecule has 0 bridgehead atoms. The molecule has 1 unspecified atom stereocenters. The van der Waals surface area contributed by atoms with Crippen LogP contribution in [0, 0.1) is 0 Å². The fraction of sp³-hybridized carbons (Fsp3) is 0.667. The molecule has 1 aromatic rings. The van der Waals surface area contributed by atoms with Crippen molar-refractivity contribution in [3.8, 4) is 5.75 Å². The van der Waals surface area contributed by atoms with Gasteiger partial charge in [-0.2, -0.15) is 0 Å². The molecule has 0 heterocycles. The minimum absolute atomic E-state index is 0.0525. The Morgan fingerprint density at radius 2 is 1.90 bits per heavy atom. The van der Waals surface area contributed by atoms with E-state index in [0.717, 1.165) is 67.7 Å². The van der Waals surface area contributed by atoms with Crippen LogP contribution in [0.2, 0.25) is 0 Å². The van der Waals surface area contributed by atoms with Crippen LogP contribution in [-0.4, -0.2) is 30.3 Å². The van der Waals surface area contributed by atoms with Crippen LogP contribution >= 0.6 is 11.6 Å². The second-order valence-corrected chi connectivity index (χ2v) is 8.34. The van der Waals surface area contributed by atoms with E-state index >= 15 is 0 Å². The molecule has 0 saturated heterocycles. The number of ether oxygens (including phenoxy) is 1. The van der Waals surface area contributed by atoms with Crippen molar-refractivity contribution < 1.29 is 14.4 Å². The Kier molecular flexibility index (Phi) is 11.1. The second kappa shape index (κ2) is 13.5. The van der Waals surface area contributed by atoms with Gasteiger partial charge >= 0.3 is 0 Å². The van der Waals surface area contributed by atoms with Crippen molar-refractivity contribution in [1.82, 2.24) is 0 Å². The summed E-state index contributed by atoms with van der Waals surface area (Å²) in [7, 11) is 0. The van der Waals surface area contributed by atoms with Gasteiger partial charge in [0.2, 0.25) is 5.91 Å². The molecule has 1 aliphatic rings. The number of alkyl halides is 1. The van der Waals surface area contributed by atoms with Gasteiger partial charge in [-0.05, 0) is 56.6 Å². The summed E-state index contributed by atoms with van der Waals surface area (Å²) in [5.74, 6) is 0.590. The molecular formula is C24H37ClN2O3. The lowest BCUT2D eigenvalue weighted by Crippen LogP contribution is -2.38. The summed E-state index contributed by atoms with van der Waals surface area (Å²) < 4.78 is 5.88. The van der Waals surface area contributed by atoms with Crippen molar-refractivity contribution in [2.24, 2.45) is 5.16 Å². The maximum atomic E-state index is 13.1. The Labute approximate surface area is 186 Å². The van der Waals surface area contributed by atoms with E-state index in [9.17, 15) is 4.79 Å². The second-order valence-electron chi connectivity index (χ2n) is 7.82. The zero-order valence-electron chi connectivity index (χ0n) is 18.8. The standard InChI is InChI=1S/C24H37ClN2O3/c1-4-7-16-29-21-15-14-19(5-2)23(17-21)27(24(28)22(25)6-3)18-30-26-20-12-10-8-9-11-13-20/h14-15,17,22H,4-13,16,18H2,1-3H3. The number of benzene rings is 1. The molecule has 1 aromatic carbocycles. The molecule has 0 radical (unpaired) electrons. The van der Waals surface area contributed by atoms with Gasteiger partial charge in [-0.25, -0.2) is 0 Å². The average Bonchev–Trinajstić information content (AvgIpc) is 3.04. The fourth-order valence-corrected chi connectivity index (χ4v) is 3.64. The number of nitrogens with zero attached hydrogens (tertiary/aromatic N) is 2. The normalized spacial score (nSPS) is 15.3. The summed E-state index contributed by atoms with van der Waals surface area (Å²) in [5, 5.41) is 3.76. The molecule has 2 rings (SSSR count). The van der Waals surface area contributed by atoms with Gasteiger partial charge < -0.3 is 9.57 Å². The van der Waals surface area contributed by atoms with Gasteiger partial charge in [-0.1, -0.05) is 51.3 Å². The molecule has 30 heavy (non-hydrogen) atoms. The van der Waals surface area contributed by atoms with Crippen molar-refractivity contribution in [2.45, 2.75) is 90.4 Å². The Bertz CT molecular complexity index is 683. The number of aryl methyl sites for hydroxylation is 1. The highest BCUT2D eigenvalue weighted by atomic mass is 35.5. The summed E-state index contributed by atoms with van der Waals surface area (Å²) in [6.07, 6.45) is 10.2. The maximum Gasteiger partial charge on any atom is 0.247 e. The van der Waals surface area contributed by atoms with Crippen LogP contribution in [0.5, 0.6) is 5.75 Å². The number of rotatable bonds is 11. The molecule has 0 spiro atoms. The smallest absolute Gasteiger partial charge is 0.247 e. The van der Waals surface area contributed by atoms with E-state index in [1.807, 2.05) is 25.1 Å². The lowest BCUT2D eigenvalue weighted by molar-refractivity contribution is -0.119. The molecule has 1 fully saturated rings. The number of anilines is 1. The molecule has 1 aliphatic carbocycles. The van der Waals surface area contributed by atoms with Gasteiger partial charge in [0.25, 0.3) is 0 Å². The van der Waals surface area contributed by atoms with E-state index in [0.29, 0.717) is 13.0 Å². The topological polar surface area (TPSA) is 51.1 Å². The Hall–Kier alpha value is -1.75. The summed E-state index contributed by atoms with van der Waals surface area (Å²) in [6, 6.07) is 5.91. The largest absolute Gasteiger partial charge is 0.494 e. The van der Waals surface area contributed by atoms with Gasteiger partial charge in [0.15, 0.2) is 6.73 Å². The number of hydrogen-bond acceptors (Lipinski definition) is 4. The summed E-state index contributed by atoms with van der Waals surface area (Å²) in [6.45, 7) is 6.83. The molecule has 1 amide bonds. The number of unbranched alkanes of at least 4 members (excludes halogenated alkanes) is 1. The Morgan fingerprint density at radius 1 is 1.17 bits per heavy atom. The Balaban J connectivity index is 2.23. The quantitative estimate of drug-likeness (QED) is 0.131. The lowest BCUT2D eigenvalue weighted by atomic mass is 10.1. The highest BCUT2D eigenvalue weighted by Gasteiger charge is 2.25. The molecule has 1 saturated carbocycles. The lowest BCUT2D eigenvalue weighted by Gasteiger charge is -2.26. The number of amides is 1. The minimum Gasteiger partial charge on any atom is -0.494 e. The molecule has 168 valence electrons. The highest BCUT2D eigenvalue weighted by Crippen LogP contribution is 2.29. The van der Waals surface area contributed by atoms with Crippen LogP contribution in [0.25, 0.3) is 0 Å². The molecule has 6 heteroatoms. The molecule has 0 aliphatic heterocycles. The van der Waals surface area contributed by atoms with E-state index in [-0.39, 0.29) is 12.6 Å². The monoisotopic (exact) mass is 436 g/mol. The number of oxime groups is 1. The number of carbonyl (C=O) groups is 1. The van der Waals surface area contributed by atoms with Crippen LogP contribution in [-0.2, 0) is 16.1 Å². The van der Waals surface area contributed by atoms with E-state index in [1.165, 1.54) is 12.8 Å². The van der Waals surface area contributed by atoms with Gasteiger partial charge in [-0.3, -0.25) is 9.69 Å². The number of halogens is 1. The average molecular weight is 437 g/mol. The molecule has 5 nitrogen and oxygen atoms in total. The summed E-state index contributed by atoms with van der Waals surface area (Å²) in [4.78, 5) is 20.4. The number of carbonyl (C=O) groups excluding carboxylic acids is 1. The highest BCUT2D eigenvalue weighted by molar-refractivity contribution is 6.32. The Morgan fingerprint density at radius 3 is 2.53 bits per heavy atom. The van der Waals surface area contributed by atoms with E-state index in [1.54, 1.807) is 4.90 Å². The van der Waals surface area contributed by atoms with Crippen LogP contribution in [0.1, 0.15) is 84.1 Å². The van der Waals surface area contributed by atoms with Crippen molar-refractivity contribution in [3.63, 3.8) is 0 Å². The third-order valence-electron chi connectivity index (χ3n) is 5.45. The zero-order chi connectivity index (χ0) is 21.8. The number of hydrogen-bond donors (Lipinski definition) is 0. The molecule has 0 N–H and O–H groups in total. The SMILES string of the molecule is CCCCOc1ccc(CC)c(N(CON=C2CCCCCC2)C(=O)C(Cl)CC)c1. The van der Waals surface area contributed by atoms with Gasteiger partial charge in [0.05, 0.1) is 18.0 Å². The third kappa shape index (κ3) is 7.50. The summed E-state index contributed by atoms with van der Waals surface area (Å²) in [5.41, 5.74) is 2.93. The van der Waals surface area contributed by atoms with Crippen molar-refractivity contribution >= 4 is 28.9 Å². The van der Waals surface area contributed by atoms with Crippen molar-refractivity contribution in [1.29, 1.82) is 0 Å². The summed E-state index contributed by atoms with van der Waals surface area (Å²) >= 11 is 6.33. The van der Waals surface area contributed by atoms with E-state index in [4.69, 9.17) is 21.2 Å². The van der Waals surface area contributed by atoms with Crippen LogP contribution in [0.4, 0.5) is 5.69 Å². The van der Waals surface area contributed by atoms with Crippen LogP contribution in [0.3, 0.4) is 0 Å². The van der Waals surface area contributed by atoms with Crippen molar-refractivity contribution in [2.75, 3.05) is 18.2 Å². The van der Waals surface area contributed by atoms with Crippen LogP contribution in [0.15, 0.2) is 23.4 Å². The van der Waals surface area contributed by atoms with Crippen LogP contribution < -0.4 is 9.64 Å². The van der Waals surface area contributed by atoms with Crippen molar-refractivity contribution in [3.05, 3.63) is 23.8 Å². The van der Waals surface area contributed by atoms with E-state index < -0.39 is 5.38 Å². The van der Waals surface area contributed by atoms with Gasteiger partial charge in [-0.15, -0.1) is 11.6 Å². The minimum atomic E-state index is -0.603. The van der Waals surface area contributed by atoms with Gasteiger partial charge in [0.1, 0.15) is 11.1 Å². The van der Waals surface area contributed by atoms with Gasteiger partial charge in [0, 0.05) is 6.07 Å². The first-order chi connectivity index (χ1) is 14.6. The first kappa shape index (κ1) is 24.5. The predicted molar refractivity (Wildman–Crippen MR) is 125 cm³/mol. The first-order valence-corrected chi connectivity index (χ1v) is 11.9.